The largest absolute Gasteiger partial charge is 0.464 e. The highest BCUT2D eigenvalue weighted by Gasteiger charge is 2.29. The van der Waals surface area contributed by atoms with Gasteiger partial charge < -0.3 is 21.5 Å². The molecule has 0 saturated heterocycles. The summed E-state index contributed by atoms with van der Waals surface area (Å²) in [5, 5.41) is 27.9. The summed E-state index contributed by atoms with van der Waals surface area (Å²) in [4.78, 5) is 20.4. The summed E-state index contributed by atoms with van der Waals surface area (Å²) in [5.74, 6) is -0.0896. The molecule has 0 fully saturated rings. The molecule has 6 N–H and O–H groups in total. The highest BCUT2D eigenvalue weighted by Crippen LogP contribution is 2.40. The minimum absolute atomic E-state index is 0.0244. The quantitative estimate of drug-likeness (QED) is 0.266. The Bertz CT molecular complexity index is 1330. The number of rotatable bonds is 3. The maximum absolute atomic E-state index is 11.6. The van der Waals surface area contributed by atoms with Crippen LogP contribution in [0.2, 0.25) is 0 Å². The van der Waals surface area contributed by atoms with Crippen molar-refractivity contribution in [3.05, 3.63) is 58.9 Å². The molecule has 0 radical (unpaired) electrons. The number of fused-ring (bicyclic) bond motifs is 1. The molecule has 158 valence electrons. The highest BCUT2D eigenvalue weighted by molar-refractivity contribution is 5.98. The lowest BCUT2D eigenvalue weighted by molar-refractivity contribution is 0.0593. The number of nitrogens with zero attached hydrogens (tertiary/aromatic N) is 6. The number of hydrogen-bond acceptors (Lipinski definition) is 11. The molecule has 0 bridgehead atoms. The predicted molar refractivity (Wildman–Crippen MR) is 114 cm³/mol. The minimum Gasteiger partial charge on any atom is -0.464 e. The van der Waals surface area contributed by atoms with Gasteiger partial charge in [0.05, 0.1) is 18.5 Å². The van der Waals surface area contributed by atoms with Crippen LogP contribution in [0.25, 0.3) is 5.69 Å². The maximum atomic E-state index is 11.6. The number of ether oxygens (including phenoxy) is 1. The zero-order valence-electron chi connectivity index (χ0n) is 16.7. The van der Waals surface area contributed by atoms with Gasteiger partial charge in [-0.3, -0.25) is 5.32 Å². The molecule has 1 unspecified atom stereocenters. The number of carbonyl (C=O) groups is 1. The zero-order valence-corrected chi connectivity index (χ0v) is 16.7. The van der Waals surface area contributed by atoms with Crippen LogP contribution in [0.3, 0.4) is 0 Å². The Morgan fingerprint density at radius 2 is 2.00 bits per heavy atom. The molecule has 0 aliphatic carbocycles. The van der Waals surface area contributed by atoms with Crippen LogP contribution in [-0.4, -0.2) is 33.8 Å². The molecule has 0 saturated carbocycles. The van der Waals surface area contributed by atoms with Gasteiger partial charge in [0, 0.05) is 11.8 Å². The second-order valence-corrected chi connectivity index (χ2v) is 6.63. The first-order valence-electron chi connectivity index (χ1n) is 9.20. The van der Waals surface area contributed by atoms with Gasteiger partial charge in [-0.1, -0.05) is 12.1 Å². The van der Waals surface area contributed by atoms with E-state index >= 15 is 0 Å². The summed E-state index contributed by atoms with van der Waals surface area (Å²) < 4.78 is 6.20. The van der Waals surface area contributed by atoms with E-state index in [1.54, 1.807) is 42.7 Å². The normalized spacial score (nSPS) is 14.2. The van der Waals surface area contributed by atoms with E-state index in [0.29, 0.717) is 17.1 Å². The fourth-order valence-corrected chi connectivity index (χ4v) is 3.31. The van der Waals surface area contributed by atoms with Crippen molar-refractivity contribution in [3.63, 3.8) is 0 Å². The van der Waals surface area contributed by atoms with Gasteiger partial charge in [-0.25, -0.2) is 19.5 Å². The van der Waals surface area contributed by atoms with Crippen molar-refractivity contribution in [2.24, 2.45) is 4.99 Å². The highest BCUT2D eigenvalue weighted by atomic mass is 16.5. The average Bonchev–Trinajstić information content (AvgIpc) is 3.29. The second-order valence-electron chi connectivity index (χ2n) is 6.63. The molecule has 3 heterocycles. The predicted octanol–water partition coefficient (Wildman–Crippen LogP) is 1.03. The molecule has 1 aliphatic heterocycles. The first-order valence-corrected chi connectivity index (χ1v) is 9.20. The van der Waals surface area contributed by atoms with Crippen molar-refractivity contribution in [2.75, 3.05) is 23.9 Å². The number of nitrogens with one attached hydrogen (secondary N) is 2. The number of aliphatic imine (C=N–C) groups is 1. The third kappa shape index (κ3) is 3.38. The Hall–Kier alpha value is -5.10. The van der Waals surface area contributed by atoms with Gasteiger partial charge in [-0.2, -0.15) is 15.6 Å². The topological polar surface area (TPSA) is 193 Å². The number of esters is 1. The van der Waals surface area contributed by atoms with Crippen LogP contribution >= 0.6 is 0 Å². The minimum atomic E-state index is -0.653. The number of benzene rings is 1. The number of hydrogen-bond donors (Lipinski definition) is 4. The summed E-state index contributed by atoms with van der Waals surface area (Å²) in [6.45, 7) is 0. The van der Waals surface area contributed by atoms with Crippen molar-refractivity contribution >= 4 is 29.3 Å². The second kappa shape index (κ2) is 7.97. The van der Waals surface area contributed by atoms with Crippen LogP contribution in [0.4, 0.5) is 17.3 Å². The van der Waals surface area contributed by atoms with Crippen LogP contribution in [0.5, 0.6) is 0 Å². The number of carbonyl (C=O) groups excluding carboxylic acids is 1. The Balaban J connectivity index is 1.76. The monoisotopic (exact) mass is 428 g/mol. The third-order valence-electron chi connectivity index (χ3n) is 4.81. The smallest absolute Gasteiger partial charge is 0.358 e. The number of nitrogens with two attached hydrogens (primary N) is 2. The number of aromatic nitrogens is 3. The van der Waals surface area contributed by atoms with Crippen molar-refractivity contribution in [2.45, 2.75) is 6.04 Å². The molecule has 0 amide bonds. The van der Waals surface area contributed by atoms with Gasteiger partial charge in [0.2, 0.25) is 5.96 Å². The molecule has 4 rings (SSSR count). The van der Waals surface area contributed by atoms with Gasteiger partial charge in [0.25, 0.3) is 0 Å². The zero-order chi connectivity index (χ0) is 22.8. The summed E-state index contributed by atoms with van der Waals surface area (Å²) in [5.41, 5.74) is 14.4. The Kier molecular flexibility index (Phi) is 5.02. The molecule has 1 aromatic carbocycles. The third-order valence-corrected chi connectivity index (χ3v) is 4.81. The van der Waals surface area contributed by atoms with E-state index in [1.807, 2.05) is 6.07 Å². The number of pyridine rings is 1. The number of anilines is 3. The van der Waals surface area contributed by atoms with Crippen molar-refractivity contribution < 1.29 is 9.53 Å². The SMILES string of the molecule is COC(=O)c1ccn(-c2ccc(C3N=C(NC#N)Nc4nc(N)c(C#N)c(N)c43)cc2)n1. The van der Waals surface area contributed by atoms with Crippen LogP contribution < -0.4 is 22.1 Å². The van der Waals surface area contributed by atoms with Crippen LogP contribution in [0.15, 0.2) is 41.5 Å². The van der Waals surface area contributed by atoms with Crippen molar-refractivity contribution in [3.8, 4) is 17.9 Å². The van der Waals surface area contributed by atoms with Crippen LogP contribution in [-0.2, 0) is 4.74 Å². The van der Waals surface area contributed by atoms with Gasteiger partial charge >= 0.3 is 5.97 Å². The van der Waals surface area contributed by atoms with Crippen LogP contribution in [0.1, 0.15) is 33.2 Å². The van der Waals surface area contributed by atoms with Gasteiger partial charge in [-0.15, -0.1) is 0 Å². The summed E-state index contributed by atoms with van der Waals surface area (Å²) in [6, 6.07) is 10.0. The number of guanidine groups is 1. The lowest BCUT2D eigenvalue weighted by Gasteiger charge is -2.26. The van der Waals surface area contributed by atoms with E-state index < -0.39 is 12.0 Å². The van der Waals surface area contributed by atoms with Crippen molar-refractivity contribution in [1.82, 2.24) is 20.1 Å². The van der Waals surface area contributed by atoms with E-state index in [4.69, 9.17) is 16.7 Å². The number of nitriles is 2. The molecule has 0 spiro atoms. The van der Waals surface area contributed by atoms with Gasteiger partial charge in [-0.05, 0) is 23.8 Å². The Morgan fingerprint density at radius 3 is 2.66 bits per heavy atom. The molecule has 32 heavy (non-hydrogen) atoms. The molecule has 1 atom stereocenters. The standard InChI is InChI=1S/C20H16N10O2/c1-32-19(31)13-6-7-30(29-13)11-4-2-10(3-5-11)16-14-15(23)12(8-21)17(24)27-18(14)28-20(26-16)25-9-22/h2-7,16H,1H3,(H6,23,24,25,26,27,28). The molecule has 2 aromatic heterocycles. The fraction of sp³-hybridized carbons (Fsp3) is 0.100. The average molecular weight is 428 g/mol. The maximum Gasteiger partial charge on any atom is 0.358 e. The van der Waals surface area contributed by atoms with E-state index in [2.05, 4.69) is 30.4 Å². The first-order chi connectivity index (χ1) is 15.5. The molecule has 12 heteroatoms. The lowest BCUT2D eigenvalue weighted by Crippen LogP contribution is -2.32. The fourth-order valence-electron chi connectivity index (χ4n) is 3.31. The van der Waals surface area contributed by atoms with E-state index in [0.717, 1.165) is 5.56 Å². The van der Waals surface area contributed by atoms with E-state index in [1.165, 1.54) is 11.8 Å². The van der Waals surface area contributed by atoms with Crippen LogP contribution in [0, 0.1) is 22.8 Å². The number of nitrogen functional groups attached to an aromatic ring is 2. The lowest BCUT2D eigenvalue weighted by atomic mass is 9.95. The Labute approximate surface area is 181 Å². The van der Waals surface area contributed by atoms with Gasteiger partial charge in [0.15, 0.2) is 11.9 Å². The van der Waals surface area contributed by atoms with E-state index in [9.17, 15) is 10.1 Å². The summed E-state index contributed by atoms with van der Waals surface area (Å²) in [6.07, 6.45) is 3.44. The molecular formula is C20H16N10O2. The Morgan fingerprint density at radius 1 is 1.25 bits per heavy atom. The number of methoxy groups -OCH3 is 1. The van der Waals surface area contributed by atoms with Gasteiger partial charge in [0.1, 0.15) is 29.3 Å². The summed E-state index contributed by atoms with van der Waals surface area (Å²) >= 11 is 0. The first kappa shape index (κ1) is 20.2. The molecule has 3 aromatic rings. The van der Waals surface area contributed by atoms with E-state index in [-0.39, 0.29) is 28.7 Å². The summed E-state index contributed by atoms with van der Waals surface area (Å²) in [7, 11) is 1.29. The van der Waals surface area contributed by atoms with Crippen molar-refractivity contribution in [1.29, 1.82) is 10.5 Å². The molecule has 12 nitrogen and oxygen atoms in total. The molecule has 1 aliphatic rings. The molecular weight excluding hydrogens is 412 g/mol.